The Morgan fingerprint density at radius 1 is 0.974 bits per heavy atom. The number of halogens is 3. The van der Waals surface area contributed by atoms with Crippen LogP contribution >= 0.6 is 0 Å². The molecule has 2 aromatic carbocycles. The molecule has 0 unspecified atom stereocenters. The van der Waals surface area contributed by atoms with E-state index in [4.69, 9.17) is 0 Å². The van der Waals surface area contributed by atoms with Gasteiger partial charge in [0, 0.05) is 56.5 Å². The van der Waals surface area contributed by atoms with Gasteiger partial charge in [0.25, 0.3) is 0 Å². The van der Waals surface area contributed by atoms with Crippen LogP contribution in [0.5, 0.6) is 0 Å². The van der Waals surface area contributed by atoms with Gasteiger partial charge in [-0.05, 0) is 73.0 Å². The first-order valence-corrected chi connectivity index (χ1v) is 12.9. The number of hydrogen-bond donors (Lipinski definition) is 0. The Balaban J connectivity index is 1.35. The van der Waals surface area contributed by atoms with Crippen LogP contribution in [0.2, 0.25) is 0 Å². The summed E-state index contributed by atoms with van der Waals surface area (Å²) >= 11 is 0. The summed E-state index contributed by atoms with van der Waals surface area (Å²) in [4.78, 5) is 17.3. The number of piperazine rings is 1. The lowest BCUT2D eigenvalue weighted by molar-refractivity contribution is -0.138. The summed E-state index contributed by atoms with van der Waals surface area (Å²) in [7, 11) is 2.01. The number of aryl methyl sites for hydroxylation is 1. The molecule has 0 spiro atoms. The number of carbonyl (C=O) groups excluding carboxylic acids is 1. The topological polar surface area (TPSA) is 40.9 Å². The highest BCUT2D eigenvalue weighted by Crippen LogP contribution is 2.34. The maximum absolute atomic E-state index is 14.0. The zero-order valence-electron chi connectivity index (χ0n) is 21.9. The Morgan fingerprint density at radius 3 is 2.54 bits per heavy atom. The maximum atomic E-state index is 14.0. The molecule has 8 heteroatoms. The zero-order chi connectivity index (χ0) is 27.6. The highest BCUT2D eigenvalue weighted by atomic mass is 19.4. The van der Waals surface area contributed by atoms with E-state index in [-0.39, 0.29) is 24.3 Å². The van der Waals surface area contributed by atoms with E-state index in [0.29, 0.717) is 16.7 Å². The fourth-order valence-electron chi connectivity index (χ4n) is 4.77. The molecule has 1 fully saturated rings. The lowest BCUT2D eigenvalue weighted by atomic mass is 9.96. The van der Waals surface area contributed by atoms with Gasteiger partial charge in [0.05, 0.1) is 11.1 Å². The van der Waals surface area contributed by atoms with Crippen molar-refractivity contribution >= 4 is 11.3 Å². The van der Waals surface area contributed by atoms with Crippen LogP contribution in [-0.2, 0) is 19.1 Å². The van der Waals surface area contributed by atoms with Gasteiger partial charge in [-0.3, -0.25) is 9.69 Å². The molecule has 0 atom stereocenters. The Kier molecular flexibility index (Phi) is 7.56. The van der Waals surface area contributed by atoms with Crippen LogP contribution in [0, 0.1) is 18.8 Å². The summed E-state index contributed by atoms with van der Waals surface area (Å²) in [6.45, 7) is 5.25. The van der Waals surface area contributed by atoms with Gasteiger partial charge < -0.3 is 4.90 Å². The molecule has 0 N–H and O–H groups in total. The van der Waals surface area contributed by atoms with Gasteiger partial charge >= 0.3 is 6.18 Å². The van der Waals surface area contributed by atoms with Crippen LogP contribution in [0.4, 0.5) is 13.2 Å². The molecule has 2 aromatic heterocycles. The minimum Gasteiger partial charge on any atom is -0.304 e. The highest BCUT2D eigenvalue weighted by Gasteiger charge is 2.34. The number of fused-ring (bicyclic) bond motifs is 1. The van der Waals surface area contributed by atoms with Gasteiger partial charge in [-0.15, -0.1) is 0 Å². The lowest BCUT2D eigenvalue weighted by Gasteiger charge is -2.33. The molecular formula is C31H29F3N4O. The summed E-state index contributed by atoms with van der Waals surface area (Å²) in [6.07, 6.45) is -2.93. The SMILES string of the molecule is Cc1ccc(C(=O)Cc2ccc(CN3CCN(C)CC3)c(C(F)(F)F)c2)cc1C#Cc1ccc2cccnn12. The minimum atomic E-state index is -4.49. The molecule has 5 nitrogen and oxygen atoms in total. The van der Waals surface area contributed by atoms with Crippen LogP contribution in [0.1, 0.15) is 43.9 Å². The average molecular weight is 531 g/mol. The van der Waals surface area contributed by atoms with Gasteiger partial charge in [0.1, 0.15) is 5.69 Å². The summed E-state index contributed by atoms with van der Waals surface area (Å²) < 4.78 is 43.6. The molecule has 0 bridgehead atoms. The molecular weight excluding hydrogens is 501 g/mol. The van der Waals surface area contributed by atoms with Gasteiger partial charge in [-0.2, -0.15) is 18.3 Å². The number of carbonyl (C=O) groups is 1. The molecule has 3 heterocycles. The Bertz CT molecular complexity index is 1570. The van der Waals surface area contributed by atoms with Gasteiger partial charge in [-0.25, -0.2) is 4.52 Å². The first-order chi connectivity index (χ1) is 18.7. The fourth-order valence-corrected chi connectivity index (χ4v) is 4.77. The molecule has 0 radical (unpaired) electrons. The smallest absolute Gasteiger partial charge is 0.304 e. The molecule has 200 valence electrons. The molecule has 0 saturated carbocycles. The van der Waals surface area contributed by atoms with Crippen molar-refractivity contribution in [2.24, 2.45) is 0 Å². The number of Topliss-reactive ketones (excluding diaryl/α,β-unsaturated/α-hetero) is 1. The third-order valence-corrected chi connectivity index (χ3v) is 7.14. The molecule has 1 saturated heterocycles. The van der Waals surface area contributed by atoms with Crippen molar-refractivity contribution in [2.45, 2.75) is 26.1 Å². The van der Waals surface area contributed by atoms with E-state index in [1.807, 2.05) is 49.2 Å². The average Bonchev–Trinajstić information content (AvgIpc) is 3.33. The van der Waals surface area contributed by atoms with Crippen molar-refractivity contribution in [3.63, 3.8) is 0 Å². The van der Waals surface area contributed by atoms with E-state index < -0.39 is 11.7 Å². The largest absolute Gasteiger partial charge is 0.416 e. The highest BCUT2D eigenvalue weighted by molar-refractivity contribution is 5.98. The maximum Gasteiger partial charge on any atom is 0.416 e. The number of rotatable bonds is 5. The summed E-state index contributed by atoms with van der Waals surface area (Å²) in [5.74, 6) is 5.98. The van der Waals surface area contributed by atoms with Crippen LogP contribution in [0.15, 0.2) is 66.9 Å². The van der Waals surface area contributed by atoms with E-state index in [1.165, 1.54) is 6.07 Å². The van der Waals surface area contributed by atoms with Crippen molar-refractivity contribution in [2.75, 3.05) is 33.2 Å². The van der Waals surface area contributed by atoms with Gasteiger partial charge in [0.2, 0.25) is 0 Å². The van der Waals surface area contributed by atoms with Gasteiger partial charge in [0.15, 0.2) is 5.78 Å². The number of aromatic nitrogens is 2. The summed E-state index contributed by atoms with van der Waals surface area (Å²) in [5, 5.41) is 4.31. The van der Waals surface area contributed by atoms with E-state index in [1.54, 1.807) is 28.9 Å². The number of alkyl halides is 3. The second-order valence-corrected chi connectivity index (χ2v) is 10.0. The monoisotopic (exact) mass is 530 g/mol. The van der Waals surface area contributed by atoms with Crippen molar-refractivity contribution in [1.82, 2.24) is 19.4 Å². The third kappa shape index (κ3) is 6.22. The minimum absolute atomic E-state index is 0.124. The predicted octanol–water partition coefficient (Wildman–Crippen LogP) is 5.23. The number of hydrogen-bond acceptors (Lipinski definition) is 4. The second kappa shape index (κ2) is 11.0. The van der Waals surface area contributed by atoms with Crippen molar-refractivity contribution in [3.05, 3.63) is 106 Å². The molecule has 39 heavy (non-hydrogen) atoms. The fraction of sp³-hybridized carbons (Fsp3) is 0.290. The van der Waals surface area contributed by atoms with Crippen LogP contribution in [-0.4, -0.2) is 58.4 Å². The van der Waals surface area contributed by atoms with Crippen LogP contribution < -0.4 is 0 Å². The third-order valence-electron chi connectivity index (χ3n) is 7.14. The van der Waals surface area contributed by atoms with E-state index in [2.05, 4.69) is 21.8 Å². The summed E-state index contributed by atoms with van der Waals surface area (Å²) in [5.41, 5.74) is 3.56. The Hall–Kier alpha value is -3.93. The molecule has 5 rings (SSSR count). The van der Waals surface area contributed by atoms with E-state index in [9.17, 15) is 18.0 Å². The van der Waals surface area contributed by atoms with Crippen molar-refractivity contribution in [1.29, 1.82) is 0 Å². The molecule has 0 amide bonds. The van der Waals surface area contributed by atoms with Crippen molar-refractivity contribution in [3.8, 4) is 11.8 Å². The van der Waals surface area contributed by atoms with Crippen molar-refractivity contribution < 1.29 is 18.0 Å². The first-order valence-electron chi connectivity index (χ1n) is 12.9. The first kappa shape index (κ1) is 26.7. The molecule has 4 aromatic rings. The Labute approximate surface area is 225 Å². The quantitative estimate of drug-likeness (QED) is 0.262. The predicted molar refractivity (Wildman–Crippen MR) is 145 cm³/mol. The number of nitrogens with zero attached hydrogens (tertiary/aromatic N) is 4. The number of benzene rings is 2. The van der Waals surface area contributed by atoms with Crippen LogP contribution in [0.3, 0.4) is 0 Å². The normalized spacial score (nSPS) is 14.8. The molecule has 1 aliphatic heterocycles. The van der Waals surface area contributed by atoms with E-state index >= 15 is 0 Å². The standard InChI is InChI=1S/C31H29F3N4O/c1-22-5-7-25(20-24(22)9-10-28-12-11-27-4-3-13-35-38(27)28)30(39)19-23-6-8-26(29(18-23)31(32,33)34)21-37-16-14-36(2)15-17-37/h3-8,11-13,18,20H,14-17,19,21H2,1-2H3. The molecule has 0 aliphatic carbocycles. The van der Waals surface area contributed by atoms with E-state index in [0.717, 1.165) is 49.0 Å². The second-order valence-electron chi connectivity index (χ2n) is 10.0. The molecule has 1 aliphatic rings. The zero-order valence-corrected chi connectivity index (χ0v) is 21.9. The Morgan fingerprint density at radius 2 is 1.77 bits per heavy atom. The number of likely N-dealkylation sites (N-methyl/N-ethyl adjacent to an activating group) is 1. The van der Waals surface area contributed by atoms with Gasteiger partial charge in [-0.1, -0.05) is 30.2 Å². The van der Waals surface area contributed by atoms with Crippen LogP contribution in [0.25, 0.3) is 5.52 Å². The number of ketones is 1. The summed E-state index contributed by atoms with van der Waals surface area (Å²) in [6, 6.07) is 17.1. The lowest BCUT2D eigenvalue weighted by Crippen LogP contribution is -2.44.